The molecule has 0 amide bonds. The van der Waals surface area contributed by atoms with E-state index in [2.05, 4.69) is 56.3 Å². The molecule has 0 heterocycles. The van der Waals surface area contributed by atoms with Gasteiger partial charge in [-0.05, 0) is 23.8 Å². The van der Waals surface area contributed by atoms with Crippen molar-refractivity contribution in [3.63, 3.8) is 0 Å². The van der Waals surface area contributed by atoms with Crippen molar-refractivity contribution in [3.05, 3.63) is 95.9 Å². The van der Waals surface area contributed by atoms with E-state index in [-0.39, 0.29) is 11.4 Å². The van der Waals surface area contributed by atoms with Crippen LogP contribution in [-0.2, 0) is 9.53 Å². The average Bonchev–Trinajstić information content (AvgIpc) is 2.82. The Bertz CT molecular complexity index is 822. The Balaban J connectivity index is 2.25. The van der Waals surface area contributed by atoms with Gasteiger partial charge >= 0.3 is 5.97 Å². The molecule has 3 rings (SSSR count). The first-order valence-corrected chi connectivity index (χ1v) is 9.97. The van der Waals surface area contributed by atoms with Crippen LogP contribution in [-0.4, -0.2) is 13.1 Å². The molecule has 0 bridgehead atoms. The quantitative estimate of drug-likeness (QED) is 0.582. The third-order valence-electron chi connectivity index (χ3n) is 4.30. The molecule has 1 aliphatic rings. The number of carbonyl (C=O) groups is 1. The van der Waals surface area contributed by atoms with Gasteiger partial charge in [-0.3, -0.25) is 0 Å². The van der Waals surface area contributed by atoms with Gasteiger partial charge in [0.2, 0.25) is 0 Å². The molecule has 0 radical (unpaired) electrons. The lowest BCUT2D eigenvalue weighted by molar-refractivity contribution is -0.135. The molecule has 2 nitrogen and oxygen atoms in total. The van der Waals surface area contributed by atoms with Crippen LogP contribution in [0.2, 0.25) is 0 Å². The molecule has 0 saturated heterocycles. The second kappa shape index (κ2) is 7.85. The minimum Gasteiger partial charge on any atom is -0.465 e. The van der Waals surface area contributed by atoms with E-state index in [1.165, 1.54) is 17.7 Å². The highest BCUT2D eigenvalue weighted by Crippen LogP contribution is 2.47. The second-order valence-electron chi connectivity index (χ2n) is 6.79. The summed E-state index contributed by atoms with van der Waals surface area (Å²) in [5, 5.41) is 3.44. The Morgan fingerprint density at radius 2 is 1.35 bits per heavy atom. The lowest BCUT2D eigenvalue weighted by Gasteiger charge is -2.22. The molecule has 0 spiro atoms. The summed E-state index contributed by atoms with van der Waals surface area (Å²) in [6.07, 6.45) is 8.25. The van der Waals surface area contributed by atoms with E-state index in [4.69, 9.17) is 4.74 Å². The zero-order valence-corrected chi connectivity index (χ0v) is 16.2. The minimum absolute atomic E-state index is 0.116. The van der Waals surface area contributed by atoms with E-state index in [9.17, 15) is 4.79 Å². The molecular formula is C23H23O2P. The van der Waals surface area contributed by atoms with Gasteiger partial charge in [-0.1, -0.05) is 98.8 Å². The molecule has 0 unspecified atom stereocenters. The summed E-state index contributed by atoms with van der Waals surface area (Å²) < 4.78 is 5.09. The highest BCUT2D eigenvalue weighted by atomic mass is 31.1. The summed E-state index contributed by atoms with van der Waals surface area (Å²) in [7, 11) is 0.574. The first-order chi connectivity index (χ1) is 12.5. The topological polar surface area (TPSA) is 26.3 Å². The van der Waals surface area contributed by atoms with Crippen LogP contribution in [0.15, 0.2) is 95.9 Å². The fourth-order valence-corrected chi connectivity index (χ4v) is 5.31. The van der Waals surface area contributed by atoms with Crippen molar-refractivity contribution in [2.45, 2.75) is 13.8 Å². The van der Waals surface area contributed by atoms with E-state index >= 15 is 0 Å². The third-order valence-corrected chi connectivity index (χ3v) is 6.80. The molecule has 2 aromatic carbocycles. The van der Waals surface area contributed by atoms with E-state index in [0.717, 1.165) is 5.31 Å². The van der Waals surface area contributed by atoms with Crippen molar-refractivity contribution in [1.29, 1.82) is 0 Å². The standard InChI is InChI=1S/C23H23O2P/c1-23(2)16-14-20(22(24)25-3)21(15-17-23)26(18-10-6-4-7-11-18)19-12-8-5-9-13-19/h4-17H,1-3H3. The maximum Gasteiger partial charge on any atom is 0.338 e. The molecule has 0 saturated carbocycles. The van der Waals surface area contributed by atoms with Crippen LogP contribution >= 0.6 is 7.92 Å². The third kappa shape index (κ3) is 4.03. The number of rotatable bonds is 4. The van der Waals surface area contributed by atoms with Crippen molar-refractivity contribution < 1.29 is 9.53 Å². The fourth-order valence-electron chi connectivity index (χ4n) is 2.88. The van der Waals surface area contributed by atoms with Gasteiger partial charge in [-0.25, -0.2) is 4.79 Å². The molecule has 1 aliphatic carbocycles. The van der Waals surface area contributed by atoms with Crippen molar-refractivity contribution in [3.8, 4) is 0 Å². The predicted octanol–water partition coefficient (Wildman–Crippen LogP) is 4.70. The van der Waals surface area contributed by atoms with Crippen LogP contribution in [0.5, 0.6) is 0 Å². The Morgan fingerprint density at radius 3 is 1.85 bits per heavy atom. The molecule has 0 aromatic heterocycles. The van der Waals surface area contributed by atoms with Crippen LogP contribution in [0.25, 0.3) is 0 Å². The van der Waals surface area contributed by atoms with Gasteiger partial charge in [-0.15, -0.1) is 0 Å². The minimum atomic E-state index is -0.864. The summed E-state index contributed by atoms with van der Waals surface area (Å²) in [6, 6.07) is 20.8. The molecule has 0 N–H and O–H groups in total. The van der Waals surface area contributed by atoms with Crippen LogP contribution in [0.3, 0.4) is 0 Å². The molecule has 3 heteroatoms. The van der Waals surface area contributed by atoms with Gasteiger partial charge in [0.15, 0.2) is 0 Å². The maximum absolute atomic E-state index is 12.6. The molecule has 26 heavy (non-hydrogen) atoms. The van der Waals surface area contributed by atoms with E-state index in [1.54, 1.807) is 0 Å². The van der Waals surface area contributed by atoms with Crippen molar-refractivity contribution in [1.82, 2.24) is 0 Å². The summed E-state index contributed by atoms with van der Waals surface area (Å²) in [4.78, 5) is 12.6. The maximum atomic E-state index is 12.6. The van der Waals surface area contributed by atoms with Crippen LogP contribution in [0.1, 0.15) is 13.8 Å². The van der Waals surface area contributed by atoms with E-state index < -0.39 is 7.92 Å². The summed E-state index contributed by atoms with van der Waals surface area (Å²) in [6.45, 7) is 4.26. The van der Waals surface area contributed by atoms with Gasteiger partial charge in [0.25, 0.3) is 0 Å². The monoisotopic (exact) mass is 362 g/mol. The first kappa shape index (κ1) is 18.4. The average molecular weight is 362 g/mol. The number of hydrogen-bond acceptors (Lipinski definition) is 2. The number of esters is 1. The van der Waals surface area contributed by atoms with Crippen LogP contribution in [0.4, 0.5) is 0 Å². The summed E-state index contributed by atoms with van der Waals surface area (Å²) in [5.74, 6) is -0.294. The normalized spacial score (nSPS) is 15.8. The summed E-state index contributed by atoms with van der Waals surface area (Å²) in [5.41, 5.74) is 0.517. The summed E-state index contributed by atoms with van der Waals surface area (Å²) >= 11 is 0. The molecule has 0 fully saturated rings. The van der Waals surface area contributed by atoms with E-state index in [1.807, 2.05) is 42.5 Å². The Morgan fingerprint density at radius 1 is 0.846 bits per heavy atom. The highest BCUT2D eigenvalue weighted by Gasteiger charge is 2.26. The van der Waals surface area contributed by atoms with Gasteiger partial charge in [0.05, 0.1) is 12.7 Å². The number of hydrogen-bond donors (Lipinski definition) is 0. The number of carbonyl (C=O) groups excluding carboxylic acids is 1. The smallest absolute Gasteiger partial charge is 0.338 e. The molecular weight excluding hydrogens is 339 g/mol. The van der Waals surface area contributed by atoms with Crippen molar-refractivity contribution in [2.24, 2.45) is 5.41 Å². The number of ether oxygens (including phenoxy) is 1. The highest BCUT2D eigenvalue weighted by molar-refractivity contribution is 7.77. The van der Waals surface area contributed by atoms with Crippen molar-refractivity contribution in [2.75, 3.05) is 7.11 Å². The second-order valence-corrected chi connectivity index (χ2v) is 8.97. The largest absolute Gasteiger partial charge is 0.465 e. The Kier molecular flexibility index (Phi) is 5.54. The van der Waals surface area contributed by atoms with Crippen LogP contribution < -0.4 is 10.6 Å². The number of benzene rings is 2. The number of allylic oxidation sites excluding steroid dienone is 4. The van der Waals surface area contributed by atoms with Crippen molar-refractivity contribution >= 4 is 24.5 Å². The van der Waals surface area contributed by atoms with Gasteiger partial charge in [0.1, 0.15) is 0 Å². The van der Waals surface area contributed by atoms with Gasteiger partial charge in [-0.2, -0.15) is 0 Å². The molecule has 0 aliphatic heterocycles. The lowest BCUT2D eigenvalue weighted by Crippen LogP contribution is -2.15. The number of methoxy groups -OCH3 is 1. The zero-order chi connectivity index (χ0) is 18.6. The lowest BCUT2D eigenvalue weighted by atomic mass is 9.93. The first-order valence-electron chi connectivity index (χ1n) is 8.63. The fraction of sp³-hybridized carbons (Fsp3) is 0.174. The van der Waals surface area contributed by atoms with Gasteiger partial charge < -0.3 is 4.74 Å². The Labute approximate surface area is 156 Å². The SMILES string of the molecule is COC(=O)C1=C(P(c2ccccc2)c2ccccc2)C=CC(C)(C)C=C1. The van der Waals surface area contributed by atoms with E-state index in [0.29, 0.717) is 5.57 Å². The predicted molar refractivity (Wildman–Crippen MR) is 110 cm³/mol. The zero-order valence-electron chi connectivity index (χ0n) is 15.3. The van der Waals surface area contributed by atoms with Crippen LogP contribution in [0, 0.1) is 5.41 Å². The molecule has 132 valence electrons. The molecule has 2 aromatic rings. The Hall–Kier alpha value is -2.44. The molecule has 0 atom stereocenters. The van der Waals surface area contributed by atoms with Gasteiger partial charge in [0, 0.05) is 5.41 Å².